The molecule has 1 atom stereocenters. The lowest BCUT2D eigenvalue weighted by molar-refractivity contribution is -0.146. The topological polar surface area (TPSA) is 77.2 Å². The lowest BCUT2D eigenvalue weighted by atomic mass is 10.0. The number of hydrogen-bond donors (Lipinski definition) is 1. The van der Waals surface area contributed by atoms with E-state index in [-0.39, 0.29) is 23.3 Å². The standard InChI is InChI=1S/C18H13ClF3N3OS.C2H6.CH2O2/c1-26-14-5-3-2-4-11(14)16-12-8-10(19)6-7-13(12)25-15(9-27-16)23-24-17(25)18(20,21)22;1-2;2-1-3/h2-8,16H,9H2,1H3;1-2H3;1H,(H,2,3)/t16-;;/m1../s1. The minimum absolute atomic E-state index is 0.244. The molecule has 3 aromatic rings. The number of carbonyl (C=O) groups is 1. The Hall–Kier alpha value is -2.72. The number of halogens is 4. The Bertz CT molecular complexity index is 1060. The van der Waals surface area contributed by atoms with Gasteiger partial charge in [0, 0.05) is 10.6 Å². The van der Waals surface area contributed by atoms with Crippen LogP contribution in [-0.2, 0) is 16.7 Å². The largest absolute Gasteiger partial charge is 0.496 e. The van der Waals surface area contributed by atoms with Crippen LogP contribution in [0.25, 0.3) is 5.69 Å². The second-order valence-corrected chi connectivity index (χ2v) is 7.54. The van der Waals surface area contributed by atoms with Gasteiger partial charge in [0.1, 0.15) is 11.6 Å². The second kappa shape index (κ2) is 11.2. The molecule has 4 rings (SSSR count). The summed E-state index contributed by atoms with van der Waals surface area (Å²) >= 11 is 7.64. The molecule has 2 heterocycles. The van der Waals surface area contributed by atoms with Gasteiger partial charge in [-0.3, -0.25) is 9.36 Å². The molecule has 172 valence electrons. The summed E-state index contributed by atoms with van der Waals surface area (Å²) in [6.07, 6.45) is -4.61. The van der Waals surface area contributed by atoms with Crippen molar-refractivity contribution in [3.8, 4) is 11.4 Å². The quantitative estimate of drug-likeness (QED) is 0.446. The van der Waals surface area contributed by atoms with Gasteiger partial charge in [-0.05, 0) is 29.8 Å². The van der Waals surface area contributed by atoms with Gasteiger partial charge in [-0.15, -0.1) is 22.0 Å². The number of aromatic nitrogens is 3. The molecule has 32 heavy (non-hydrogen) atoms. The molecule has 2 aromatic carbocycles. The fourth-order valence-corrected chi connectivity index (χ4v) is 4.60. The lowest BCUT2D eigenvalue weighted by Crippen LogP contribution is -2.15. The summed E-state index contributed by atoms with van der Waals surface area (Å²) in [6.45, 7) is 3.75. The van der Waals surface area contributed by atoms with Crippen LogP contribution in [0.3, 0.4) is 0 Å². The number of hydrogen-bond acceptors (Lipinski definition) is 5. The molecule has 11 heteroatoms. The zero-order valence-electron chi connectivity index (χ0n) is 17.4. The predicted molar refractivity (Wildman–Crippen MR) is 118 cm³/mol. The van der Waals surface area contributed by atoms with Gasteiger partial charge >= 0.3 is 6.18 Å². The molecule has 0 spiro atoms. The van der Waals surface area contributed by atoms with Crippen molar-refractivity contribution in [2.45, 2.75) is 31.0 Å². The predicted octanol–water partition coefficient (Wildman–Crippen LogP) is 6.01. The van der Waals surface area contributed by atoms with E-state index >= 15 is 0 Å². The van der Waals surface area contributed by atoms with E-state index in [9.17, 15) is 13.2 Å². The van der Waals surface area contributed by atoms with Crippen molar-refractivity contribution in [1.82, 2.24) is 14.8 Å². The molecule has 1 N–H and O–H groups in total. The summed E-state index contributed by atoms with van der Waals surface area (Å²) in [5.74, 6) is 0.128. The monoisotopic (exact) mass is 487 g/mol. The van der Waals surface area contributed by atoms with Gasteiger partial charge in [0.05, 0.1) is 23.8 Å². The Balaban J connectivity index is 0.000000671. The molecule has 0 radical (unpaired) electrons. The van der Waals surface area contributed by atoms with E-state index in [1.807, 2.05) is 38.1 Å². The van der Waals surface area contributed by atoms with E-state index in [0.717, 1.165) is 10.1 Å². The van der Waals surface area contributed by atoms with Crippen LogP contribution < -0.4 is 4.74 Å². The highest BCUT2D eigenvalue weighted by Crippen LogP contribution is 2.47. The van der Waals surface area contributed by atoms with E-state index in [4.69, 9.17) is 26.2 Å². The molecular weight excluding hydrogens is 467 g/mol. The number of fused-ring (bicyclic) bond motifs is 3. The van der Waals surface area contributed by atoms with E-state index in [2.05, 4.69) is 10.2 Å². The van der Waals surface area contributed by atoms with E-state index in [0.29, 0.717) is 22.0 Å². The van der Waals surface area contributed by atoms with Crippen molar-refractivity contribution in [1.29, 1.82) is 0 Å². The van der Waals surface area contributed by atoms with E-state index < -0.39 is 12.0 Å². The first-order chi connectivity index (χ1) is 15.3. The van der Waals surface area contributed by atoms with Crippen LogP contribution in [0.5, 0.6) is 5.75 Å². The van der Waals surface area contributed by atoms with E-state index in [1.165, 1.54) is 11.8 Å². The normalized spacial score (nSPS) is 14.4. The minimum Gasteiger partial charge on any atom is -0.496 e. The van der Waals surface area contributed by atoms with Crippen LogP contribution >= 0.6 is 23.4 Å². The molecule has 1 aliphatic rings. The number of methoxy groups -OCH3 is 1. The van der Waals surface area contributed by atoms with Crippen LogP contribution in [0.2, 0.25) is 5.02 Å². The third-order valence-corrected chi connectivity index (χ3v) is 5.80. The Morgan fingerprint density at radius 1 is 1.19 bits per heavy atom. The number of carboxylic acid groups (broad SMARTS) is 1. The van der Waals surface area contributed by atoms with Gasteiger partial charge in [-0.25, -0.2) is 0 Å². The Morgan fingerprint density at radius 3 is 2.47 bits per heavy atom. The van der Waals surface area contributed by atoms with Gasteiger partial charge in [-0.2, -0.15) is 13.2 Å². The third kappa shape index (κ3) is 5.36. The molecule has 6 nitrogen and oxygen atoms in total. The highest BCUT2D eigenvalue weighted by atomic mass is 35.5. The van der Waals surface area contributed by atoms with Crippen molar-refractivity contribution in [3.05, 3.63) is 70.3 Å². The molecule has 0 unspecified atom stereocenters. The Labute approximate surface area is 192 Å². The fourth-order valence-electron chi connectivity index (χ4n) is 3.17. The first-order valence-corrected chi connectivity index (χ1v) is 10.9. The van der Waals surface area contributed by atoms with Gasteiger partial charge < -0.3 is 9.84 Å². The number of rotatable bonds is 2. The molecule has 0 saturated carbocycles. The van der Waals surface area contributed by atoms with Crippen molar-refractivity contribution in [2.75, 3.05) is 7.11 Å². The smallest absolute Gasteiger partial charge is 0.452 e. The lowest BCUT2D eigenvalue weighted by Gasteiger charge is -2.21. The molecule has 0 amide bonds. The Kier molecular flexibility index (Phi) is 8.97. The average Bonchev–Trinajstić information content (AvgIpc) is 3.14. The maximum Gasteiger partial charge on any atom is 0.452 e. The zero-order chi connectivity index (χ0) is 23.9. The van der Waals surface area contributed by atoms with Crippen molar-refractivity contribution < 1.29 is 27.8 Å². The Morgan fingerprint density at radius 2 is 1.84 bits per heavy atom. The number of para-hydroxylation sites is 1. The summed E-state index contributed by atoms with van der Waals surface area (Å²) in [5.41, 5.74) is 1.88. The molecule has 1 aromatic heterocycles. The number of benzene rings is 2. The summed E-state index contributed by atoms with van der Waals surface area (Å²) in [7, 11) is 1.57. The minimum atomic E-state index is -4.61. The third-order valence-electron chi connectivity index (χ3n) is 4.30. The maximum atomic E-state index is 13.5. The highest BCUT2D eigenvalue weighted by Gasteiger charge is 2.41. The van der Waals surface area contributed by atoms with Crippen LogP contribution in [0.4, 0.5) is 13.2 Å². The maximum absolute atomic E-state index is 13.5. The first kappa shape index (κ1) is 25.5. The number of thioether (sulfide) groups is 1. The highest BCUT2D eigenvalue weighted by molar-refractivity contribution is 7.99. The van der Waals surface area contributed by atoms with Crippen LogP contribution in [0, 0.1) is 0 Å². The fraction of sp³-hybridized carbons (Fsp3) is 0.286. The molecule has 0 aliphatic carbocycles. The zero-order valence-corrected chi connectivity index (χ0v) is 19.0. The molecule has 0 fully saturated rings. The second-order valence-electron chi connectivity index (χ2n) is 6.01. The summed E-state index contributed by atoms with van der Waals surface area (Å²) < 4.78 is 47.0. The number of nitrogens with zero attached hydrogens (tertiary/aromatic N) is 3. The molecule has 1 aliphatic heterocycles. The molecular formula is C21H21ClF3N3O3S. The molecule has 0 bridgehead atoms. The van der Waals surface area contributed by atoms with Gasteiger partial charge in [0.25, 0.3) is 6.47 Å². The summed E-state index contributed by atoms with van der Waals surface area (Å²) in [4.78, 5) is 8.36. The van der Waals surface area contributed by atoms with Gasteiger partial charge in [0.15, 0.2) is 0 Å². The summed E-state index contributed by atoms with van der Waals surface area (Å²) in [5, 5.41) is 14.2. The van der Waals surface area contributed by atoms with Crippen LogP contribution in [0.15, 0.2) is 42.5 Å². The van der Waals surface area contributed by atoms with Gasteiger partial charge in [0.2, 0.25) is 5.82 Å². The van der Waals surface area contributed by atoms with Crippen molar-refractivity contribution in [3.63, 3.8) is 0 Å². The first-order valence-electron chi connectivity index (χ1n) is 9.45. The number of ether oxygens (including phenoxy) is 1. The average molecular weight is 488 g/mol. The SMILES string of the molecule is CC.COc1ccccc1[C@H]1SCc2nnc(C(F)(F)F)n2-c2ccc(Cl)cc21.O=CO. The van der Waals surface area contributed by atoms with Crippen molar-refractivity contribution in [2.24, 2.45) is 0 Å². The molecule has 0 saturated heterocycles. The van der Waals surface area contributed by atoms with Crippen LogP contribution in [0.1, 0.15) is 41.9 Å². The van der Waals surface area contributed by atoms with Crippen LogP contribution in [-0.4, -0.2) is 33.5 Å². The van der Waals surface area contributed by atoms with E-state index in [1.54, 1.807) is 25.3 Å². The van der Waals surface area contributed by atoms with Crippen molar-refractivity contribution >= 4 is 29.8 Å². The number of alkyl halides is 3. The summed E-state index contributed by atoms with van der Waals surface area (Å²) in [6, 6.07) is 12.3. The van der Waals surface area contributed by atoms with Gasteiger partial charge in [-0.1, -0.05) is 43.6 Å².